The summed E-state index contributed by atoms with van der Waals surface area (Å²) in [4.78, 5) is 43.1. The van der Waals surface area contributed by atoms with Gasteiger partial charge in [0.05, 0.1) is 35.2 Å². The normalized spacial score (nSPS) is 17.5. The number of hydrogen-bond acceptors (Lipinski definition) is 7. The largest absolute Gasteiger partial charge is 0.466 e. The highest BCUT2D eigenvalue weighted by molar-refractivity contribution is 6.39. The number of aromatic nitrogens is 1. The van der Waals surface area contributed by atoms with E-state index in [-0.39, 0.29) is 59.8 Å². The number of Topliss-reactive ketones (excluding diaryl/α,β-unsaturated/α-hetero) is 1. The molecule has 1 aromatic heterocycles. The summed E-state index contributed by atoms with van der Waals surface area (Å²) < 4.78 is 75.8. The van der Waals surface area contributed by atoms with E-state index in [0.29, 0.717) is 11.0 Å². The summed E-state index contributed by atoms with van der Waals surface area (Å²) in [6.45, 7) is 0.184. The first-order valence-electron chi connectivity index (χ1n) is 13.1. The Labute approximate surface area is 253 Å². The summed E-state index contributed by atoms with van der Waals surface area (Å²) in [7, 11) is 0. The lowest BCUT2D eigenvalue weighted by molar-refractivity contribution is -0.149. The Morgan fingerprint density at radius 2 is 1.74 bits per heavy atom. The predicted octanol–water partition coefficient (Wildman–Crippen LogP) is 6.06. The number of carbonyl (C=O) groups is 3. The molecule has 2 aromatic rings. The van der Waals surface area contributed by atoms with Crippen LogP contribution in [0.3, 0.4) is 0 Å². The Kier molecular flexibility index (Phi) is 11.6. The second kappa shape index (κ2) is 14.7. The molecule has 15 heteroatoms. The molecule has 0 radical (unpaired) electrons. The minimum absolute atomic E-state index is 0.144. The summed E-state index contributed by atoms with van der Waals surface area (Å²) in [5.41, 5.74) is -3.17. The average molecular weight is 649 g/mol. The summed E-state index contributed by atoms with van der Waals surface area (Å²) in [5.74, 6) is -5.30. The van der Waals surface area contributed by atoms with E-state index in [1.54, 1.807) is 6.92 Å². The van der Waals surface area contributed by atoms with Gasteiger partial charge in [-0.2, -0.15) is 13.2 Å². The van der Waals surface area contributed by atoms with Crippen molar-refractivity contribution in [2.45, 2.75) is 51.4 Å². The molecule has 0 spiro atoms. The number of alkyl halides is 3. The van der Waals surface area contributed by atoms with Crippen LogP contribution in [0.1, 0.15) is 48.5 Å². The third-order valence-electron chi connectivity index (χ3n) is 6.67. The third kappa shape index (κ3) is 8.96. The van der Waals surface area contributed by atoms with Gasteiger partial charge in [-0.05, 0) is 56.4 Å². The van der Waals surface area contributed by atoms with Crippen LogP contribution >= 0.6 is 23.2 Å². The number of halogens is 7. The van der Waals surface area contributed by atoms with Gasteiger partial charge in [0.25, 0.3) is 5.91 Å². The van der Waals surface area contributed by atoms with Crippen molar-refractivity contribution in [1.29, 1.82) is 5.41 Å². The number of carbonyl (C=O) groups excluding carboxylic acids is 3. The van der Waals surface area contributed by atoms with Gasteiger partial charge in [-0.1, -0.05) is 23.2 Å². The smallest absolute Gasteiger partial charge is 0.431 e. The second-order valence-electron chi connectivity index (χ2n) is 9.70. The molecule has 0 bridgehead atoms. The fourth-order valence-corrected chi connectivity index (χ4v) is 5.26. The highest BCUT2D eigenvalue weighted by atomic mass is 35.5. The number of ketones is 1. The Morgan fingerprint density at radius 3 is 2.28 bits per heavy atom. The molecule has 1 heterocycles. The van der Waals surface area contributed by atoms with Gasteiger partial charge in [0, 0.05) is 31.1 Å². The molecule has 2 N–H and O–H groups in total. The van der Waals surface area contributed by atoms with E-state index in [0.717, 1.165) is 12.1 Å². The molecule has 1 aliphatic carbocycles. The molecule has 1 aromatic carbocycles. The van der Waals surface area contributed by atoms with Crippen LogP contribution in [0, 0.1) is 23.0 Å². The molecule has 8 nitrogen and oxygen atoms in total. The van der Waals surface area contributed by atoms with Crippen molar-refractivity contribution in [1.82, 2.24) is 15.2 Å². The van der Waals surface area contributed by atoms with E-state index < -0.39 is 71.8 Å². The maximum absolute atomic E-state index is 14.3. The number of amides is 1. The first-order valence-corrected chi connectivity index (χ1v) is 13.8. The molecule has 43 heavy (non-hydrogen) atoms. The van der Waals surface area contributed by atoms with Gasteiger partial charge in [0.15, 0.2) is 5.78 Å². The number of hydrogen-bond donors (Lipinski definition) is 2. The van der Waals surface area contributed by atoms with E-state index >= 15 is 0 Å². The van der Waals surface area contributed by atoms with Crippen molar-refractivity contribution < 1.29 is 41.1 Å². The van der Waals surface area contributed by atoms with Crippen LogP contribution in [-0.4, -0.2) is 59.1 Å². The fraction of sp³-hybridized carbons (Fsp3) is 0.393. The topological polar surface area (TPSA) is 112 Å². The molecule has 1 aliphatic rings. The van der Waals surface area contributed by atoms with Crippen LogP contribution in [0.15, 0.2) is 41.7 Å². The quantitative estimate of drug-likeness (QED) is 0.0766. The number of rotatable bonds is 11. The third-order valence-corrected chi connectivity index (χ3v) is 7.27. The number of ether oxygens (including phenoxy) is 1. The second-order valence-corrected chi connectivity index (χ2v) is 10.5. The highest BCUT2D eigenvalue weighted by Gasteiger charge is 2.41. The standard InChI is InChI=1S/C28H27Cl2F5N4O4/c1-2-43-27(42)16-3-5-19(6-4-16)38-24(28(33,34)35)20(12-36)26(41)39(13-15-9-17(31)11-18(32)10-15)14-22(40)23-21(29)7-8-37-25(23)30/h7-12,16,19,36,38H,2-6,13-14H2,1H3/b24-20+,36-12?/t16-,19-. The minimum Gasteiger partial charge on any atom is -0.466 e. The first kappa shape index (κ1) is 33.9. The molecular formula is C28H27Cl2F5N4O4. The Morgan fingerprint density at radius 1 is 1.12 bits per heavy atom. The van der Waals surface area contributed by atoms with E-state index in [4.69, 9.17) is 33.3 Å². The monoisotopic (exact) mass is 648 g/mol. The Hall–Kier alpha value is -3.58. The van der Waals surface area contributed by atoms with Gasteiger partial charge in [-0.3, -0.25) is 14.4 Å². The molecule has 0 aliphatic heterocycles. The summed E-state index contributed by atoms with van der Waals surface area (Å²) in [6, 6.07) is 2.68. The zero-order valence-electron chi connectivity index (χ0n) is 22.7. The van der Waals surface area contributed by atoms with Crippen LogP contribution in [0.5, 0.6) is 0 Å². The summed E-state index contributed by atoms with van der Waals surface area (Å²) >= 11 is 12.1. The van der Waals surface area contributed by atoms with E-state index in [9.17, 15) is 36.3 Å². The number of pyridine rings is 1. The first-order chi connectivity index (χ1) is 20.2. The molecule has 3 rings (SSSR count). The zero-order valence-corrected chi connectivity index (χ0v) is 24.3. The lowest BCUT2D eigenvalue weighted by Gasteiger charge is -2.31. The van der Waals surface area contributed by atoms with Gasteiger partial charge < -0.3 is 20.4 Å². The number of nitrogens with one attached hydrogen (secondary N) is 2. The van der Waals surface area contributed by atoms with Gasteiger partial charge >= 0.3 is 12.1 Å². The van der Waals surface area contributed by atoms with Crippen LogP contribution in [0.25, 0.3) is 0 Å². The molecular weight excluding hydrogens is 622 g/mol. The lowest BCUT2D eigenvalue weighted by atomic mass is 9.86. The summed E-state index contributed by atoms with van der Waals surface area (Å²) in [5, 5.41) is 9.55. The number of allylic oxidation sites excluding steroid dienone is 1. The van der Waals surface area contributed by atoms with Crippen molar-refractivity contribution in [3.05, 3.63) is 74.7 Å². The highest BCUT2D eigenvalue weighted by Crippen LogP contribution is 2.32. The molecule has 1 fully saturated rings. The molecule has 1 saturated carbocycles. The molecule has 232 valence electrons. The van der Waals surface area contributed by atoms with Gasteiger partial charge in [0.2, 0.25) is 0 Å². The zero-order chi connectivity index (χ0) is 31.9. The van der Waals surface area contributed by atoms with Crippen LogP contribution in [0.4, 0.5) is 22.0 Å². The maximum Gasteiger partial charge on any atom is 0.431 e. The van der Waals surface area contributed by atoms with Crippen LogP contribution in [0.2, 0.25) is 10.2 Å². The van der Waals surface area contributed by atoms with Crippen LogP contribution in [-0.2, 0) is 20.9 Å². The van der Waals surface area contributed by atoms with E-state index in [1.807, 2.05) is 0 Å². The molecule has 1 amide bonds. The van der Waals surface area contributed by atoms with Gasteiger partial charge in [-0.15, -0.1) is 0 Å². The van der Waals surface area contributed by atoms with E-state index in [2.05, 4.69) is 10.3 Å². The van der Waals surface area contributed by atoms with Crippen molar-refractivity contribution in [2.24, 2.45) is 5.92 Å². The summed E-state index contributed by atoms with van der Waals surface area (Å²) in [6.07, 6.45) is -2.97. The Bertz CT molecular complexity index is 1370. The Balaban J connectivity index is 1.98. The molecule has 0 unspecified atom stereocenters. The van der Waals surface area contributed by atoms with Crippen molar-refractivity contribution in [2.75, 3.05) is 13.2 Å². The maximum atomic E-state index is 14.3. The van der Waals surface area contributed by atoms with Crippen molar-refractivity contribution in [3.8, 4) is 0 Å². The fourth-order valence-electron chi connectivity index (χ4n) is 4.70. The van der Waals surface area contributed by atoms with Gasteiger partial charge in [0.1, 0.15) is 22.5 Å². The number of esters is 1. The van der Waals surface area contributed by atoms with Crippen molar-refractivity contribution in [3.63, 3.8) is 0 Å². The minimum atomic E-state index is -5.14. The van der Waals surface area contributed by atoms with E-state index in [1.165, 1.54) is 12.3 Å². The average Bonchev–Trinajstić information content (AvgIpc) is 2.91. The number of benzene rings is 1. The number of nitrogens with zero attached hydrogens (tertiary/aromatic N) is 2. The molecule has 0 atom stereocenters. The van der Waals surface area contributed by atoms with Gasteiger partial charge in [-0.25, -0.2) is 13.8 Å². The lowest BCUT2D eigenvalue weighted by Crippen LogP contribution is -2.43. The predicted molar refractivity (Wildman–Crippen MR) is 148 cm³/mol. The van der Waals surface area contributed by atoms with Crippen LogP contribution < -0.4 is 5.32 Å². The molecule has 0 saturated heterocycles. The van der Waals surface area contributed by atoms with Crippen molar-refractivity contribution >= 4 is 47.1 Å². The SMILES string of the molecule is CCOC(=O)[C@H]1CC[C@H](N/C(=C(\C=N)C(=O)N(CC(=O)c2c(Cl)ccnc2Cl)Cc2cc(F)cc(F)c2)C(F)(F)F)CC1.